The molecule has 14 nitrogen and oxygen atoms in total. The van der Waals surface area contributed by atoms with Gasteiger partial charge in [-0.25, -0.2) is 10.4 Å². The van der Waals surface area contributed by atoms with Crippen molar-refractivity contribution in [3.63, 3.8) is 0 Å². The topological polar surface area (TPSA) is 162 Å². The lowest BCUT2D eigenvalue weighted by Gasteiger charge is -2.55. The van der Waals surface area contributed by atoms with E-state index in [2.05, 4.69) is 95.2 Å². The molecule has 4 aliphatic heterocycles. The van der Waals surface area contributed by atoms with Gasteiger partial charge in [0.05, 0.1) is 18.4 Å². The van der Waals surface area contributed by atoms with E-state index in [0.717, 1.165) is 71.9 Å². The number of carbonyl (C=O) groups is 3. The monoisotopic (exact) mass is 841 g/mol. The van der Waals surface area contributed by atoms with E-state index in [1.807, 2.05) is 12.3 Å². The molecule has 62 heavy (non-hydrogen) atoms. The fourth-order valence-corrected chi connectivity index (χ4v) is 11.5. The van der Waals surface area contributed by atoms with E-state index in [0.29, 0.717) is 50.5 Å². The number of oxazole rings is 1. The predicted octanol–water partition coefficient (Wildman–Crippen LogP) is 6.05. The van der Waals surface area contributed by atoms with Gasteiger partial charge in [0, 0.05) is 82.9 Å². The molecule has 326 valence electrons. The Balaban J connectivity index is 1.13. The molecule has 3 saturated heterocycles. The minimum atomic E-state index is -1.04. The quantitative estimate of drug-likeness (QED) is 0.225. The van der Waals surface area contributed by atoms with Crippen LogP contribution in [-0.2, 0) is 25.5 Å². The van der Waals surface area contributed by atoms with Crippen LogP contribution in [0.1, 0.15) is 96.2 Å². The normalized spacial score (nSPS) is 31.1. The number of pyridine rings is 1. The van der Waals surface area contributed by atoms with Gasteiger partial charge in [-0.15, -0.1) is 0 Å². The SMILES string of the molecule is C[C@@H]1C(C(=O)N[C@@H]2C(=O)N3CCC[C@H](N3)C(=O)OCC(C)(C)Cc3c(-c4cccnc4)n([C@H]4CC[C@H](C#N)C4)c4ccc(cc34)-c3coc(n3)[C@H]2N2CC3(CCCN3C)C2)[C@@H]1C. The van der Waals surface area contributed by atoms with Gasteiger partial charge in [-0.1, -0.05) is 33.8 Å². The summed E-state index contributed by atoms with van der Waals surface area (Å²) in [4.78, 5) is 57.6. The molecule has 5 fully saturated rings. The number of ether oxygens (including phenoxy) is 1. The minimum Gasteiger partial charge on any atom is -0.464 e. The molecule has 0 radical (unpaired) electrons. The first kappa shape index (κ1) is 40.9. The van der Waals surface area contributed by atoms with E-state index in [1.165, 1.54) is 5.01 Å². The van der Waals surface area contributed by atoms with E-state index >= 15 is 4.79 Å². The highest BCUT2D eigenvalue weighted by Crippen LogP contribution is 2.48. The number of benzene rings is 1. The average Bonchev–Trinajstić information content (AvgIpc) is 3.87. The molecule has 4 aromatic rings. The Morgan fingerprint density at radius 3 is 2.58 bits per heavy atom. The Kier molecular flexibility index (Phi) is 10.3. The van der Waals surface area contributed by atoms with E-state index < -0.39 is 29.5 Å². The van der Waals surface area contributed by atoms with E-state index in [4.69, 9.17) is 14.1 Å². The van der Waals surface area contributed by atoms with Crippen LogP contribution in [0.4, 0.5) is 0 Å². The lowest BCUT2D eigenvalue weighted by Crippen LogP contribution is -2.71. The predicted molar refractivity (Wildman–Crippen MR) is 232 cm³/mol. The highest BCUT2D eigenvalue weighted by Gasteiger charge is 2.56. The number of amides is 2. The summed E-state index contributed by atoms with van der Waals surface area (Å²) in [6.07, 6.45) is 11.7. The fraction of sp³-hybridized carbons (Fsp3) is 0.583. The third-order valence-electron chi connectivity index (χ3n) is 15.4. The third kappa shape index (κ3) is 7.10. The Morgan fingerprint density at radius 2 is 1.87 bits per heavy atom. The van der Waals surface area contributed by atoms with Crippen molar-refractivity contribution in [2.75, 3.05) is 39.8 Å². The first-order chi connectivity index (χ1) is 29.8. The second-order valence-electron chi connectivity index (χ2n) is 20.1. The number of likely N-dealkylation sites (tertiary alicyclic amines) is 2. The Morgan fingerprint density at radius 1 is 1.05 bits per heavy atom. The number of cyclic esters (lactones) is 1. The first-order valence-electron chi connectivity index (χ1n) is 22.8. The molecule has 7 heterocycles. The minimum absolute atomic E-state index is 0.0156. The van der Waals surface area contributed by atoms with Crippen LogP contribution in [0.2, 0.25) is 0 Å². The van der Waals surface area contributed by atoms with Gasteiger partial charge < -0.3 is 19.0 Å². The van der Waals surface area contributed by atoms with E-state index in [-0.39, 0.29) is 53.7 Å². The van der Waals surface area contributed by atoms with Gasteiger partial charge in [-0.3, -0.25) is 34.2 Å². The number of nitrogens with one attached hydrogen (secondary N) is 2. The molecule has 6 bridgehead atoms. The lowest BCUT2D eigenvalue weighted by atomic mass is 9.84. The fourth-order valence-electron chi connectivity index (χ4n) is 11.5. The van der Waals surface area contributed by atoms with Gasteiger partial charge in [0.25, 0.3) is 5.91 Å². The van der Waals surface area contributed by atoms with Gasteiger partial charge in [0.2, 0.25) is 11.8 Å². The Labute approximate surface area is 363 Å². The van der Waals surface area contributed by atoms with Gasteiger partial charge in [0.15, 0.2) is 0 Å². The maximum absolute atomic E-state index is 15.1. The van der Waals surface area contributed by atoms with Crippen molar-refractivity contribution in [3.05, 3.63) is 60.4 Å². The summed E-state index contributed by atoms with van der Waals surface area (Å²) < 4.78 is 15.1. The first-order valence-corrected chi connectivity index (χ1v) is 22.8. The molecule has 8 atom stereocenters. The van der Waals surface area contributed by atoms with Crippen molar-refractivity contribution >= 4 is 28.7 Å². The van der Waals surface area contributed by atoms with Crippen molar-refractivity contribution in [1.82, 2.24) is 40.1 Å². The number of fused-ring (bicyclic) bond motifs is 6. The molecule has 2 saturated carbocycles. The molecule has 10 rings (SSSR count). The van der Waals surface area contributed by atoms with Crippen LogP contribution >= 0.6 is 0 Å². The van der Waals surface area contributed by atoms with Crippen molar-refractivity contribution in [2.24, 2.45) is 29.1 Å². The second kappa shape index (κ2) is 15.6. The molecular formula is C48H59N9O5. The average molecular weight is 842 g/mol. The number of hydrogen-bond donors (Lipinski definition) is 2. The third-order valence-corrected chi connectivity index (χ3v) is 15.4. The molecule has 2 amide bonds. The van der Waals surface area contributed by atoms with E-state index in [1.54, 1.807) is 12.5 Å². The second-order valence-corrected chi connectivity index (χ2v) is 20.1. The van der Waals surface area contributed by atoms with Crippen LogP contribution in [-0.4, -0.2) is 105 Å². The van der Waals surface area contributed by atoms with Crippen molar-refractivity contribution < 1.29 is 23.5 Å². The zero-order valence-electron chi connectivity index (χ0n) is 36.6. The number of esters is 1. The molecule has 1 aromatic carbocycles. The summed E-state index contributed by atoms with van der Waals surface area (Å²) in [5.74, 6) is -0.317. The molecule has 3 aromatic heterocycles. The Bertz CT molecular complexity index is 2420. The maximum Gasteiger partial charge on any atom is 0.324 e. The zero-order valence-corrected chi connectivity index (χ0v) is 36.6. The number of nitrogens with zero attached hydrogens (tertiary/aromatic N) is 7. The highest BCUT2D eigenvalue weighted by atomic mass is 16.5. The molecule has 2 N–H and O–H groups in total. The largest absolute Gasteiger partial charge is 0.464 e. The lowest BCUT2D eigenvalue weighted by molar-refractivity contribution is -0.157. The number of hydrogen-bond acceptors (Lipinski definition) is 11. The number of carbonyl (C=O) groups excluding carboxylic acids is 3. The maximum atomic E-state index is 15.1. The van der Waals surface area contributed by atoms with Crippen LogP contribution in [0.3, 0.4) is 0 Å². The molecule has 14 heteroatoms. The summed E-state index contributed by atoms with van der Waals surface area (Å²) in [6.45, 7) is 11.3. The summed E-state index contributed by atoms with van der Waals surface area (Å²) >= 11 is 0. The number of aromatic nitrogens is 3. The Hall–Kier alpha value is -5.10. The number of hydrazine groups is 1. The van der Waals surface area contributed by atoms with Gasteiger partial charge in [-0.05, 0) is 107 Å². The molecule has 1 spiro atoms. The van der Waals surface area contributed by atoms with Crippen molar-refractivity contribution in [3.8, 4) is 28.6 Å². The molecule has 1 unspecified atom stereocenters. The summed E-state index contributed by atoms with van der Waals surface area (Å²) in [5.41, 5.74) is 8.46. The smallest absolute Gasteiger partial charge is 0.324 e. The number of likely N-dealkylation sites (N-methyl/N-ethyl adjacent to an activating group) is 1. The van der Waals surface area contributed by atoms with Crippen LogP contribution in [0.25, 0.3) is 33.4 Å². The molecule has 6 aliphatic rings. The van der Waals surface area contributed by atoms with Crippen LogP contribution in [0, 0.1) is 40.4 Å². The molecule has 2 aliphatic carbocycles. The summed E-state index contributed by atoms with van der Waals surface area (Å²) in [7, 11) is 2.17. The summed E-state index contributed by atoms with van der Waals surface area (Å²) in [6, 6.07) is 10.7. The van der Waals surface area contributed by atoms with Crippen molar-refractivity contribution in [2.45, 2.75) is 109 Å². The van der Waals surface area contributed by atoms with Gasteiger partial charge in [-0.2, -0.15) is 5.26 Å². The van der Waals surface area contributed by atoms with Gasteiger partial charge in [0.1, 0.15) is 30.1 Å². The van der Waals surface area contributed by atoms with Gasteiger partial charge >= 0.3 is 5.97 Å². The molecular weight excluding hydrogens is 783 g/mol. The van der Waals surface area contributed by atoms with Crippen LogP contribution in [0.5, 0.6) is 0 Å². The van der Waals surface area contributed by atoms with Crippen molar-refractivity contribution in [1.29, 1.82) is 5.26 Å². The number of rotatable bonds is 5. The van der Waals surface area contributed by atoms with Crippen LogP contribution in [0.15, 0.2) is 53.4 Å². The standard InChI is InChI=1S/C48H59N9O5/c1-28-29(2)39(28)43(58)52-40-42(55-25-48(26-55)15-8-17-54(48)5)44-51-37(24-61-44)31-12-14-38-34(20-31)35(21-47(3,4)27-62-46(60)36-10-7-18-56(53-36)45(40)59)41(32-9-6-16-50-23-32)57(38)33-13-11-30(19-33)22-49/h6,9,12,14,16,20,23-24,28-30,33,36,39-40,42,53H,7-8,10-11,13,15,17-19,21,25-27H2,1-5H3,(H,52,58)/t28-,29+,30-,33-,36-,39?,40-,42-/m0/s1. The van der Waals surface area contributed by atoms with Crippen LogP contribution < -0.4 is 10.7 Å². The zero-order chi connectivity index (χ0) is 43.1. The highest BCUT2D eigenvalue weighted by molar-refractivity contribution is 5.95. The number of nitriles is 1. The summed E-state index contributed by atoms with van der Waals surface area (Å²) in [5, 5.41) is 15.8. The van der Waals surface area contributed by atoms with E-state index in [9.17, 15) is 14.9 Å².